The summed E-state index contributed by atoms with van der Waals surface area (Å²) in [6.07, 6.45) is -2.17. The first-order valence-electron chi connectivity index (χ1n) is 5.68. The Morgan fingerprint density at radius 2 is 1.95 bits per heavy atom. The molecule has 0 atom stereocenters. The second kappa shape index (κ2) is 5.75. The molecule has 0 aliphatic carbocycles. The first-order chi connectivity index (χ1) is 9.91. The predicted octanol–water partition coefficient (Wildman–Crippen LogP) is 2.03. The highest BCUT2D eigenvalue weighted by Crippen LogP contribution is 2.27. The highest BCUT2D eigenvalue weighted by atomic mass is 19.4. The van der Waals surface area contributed by atoms with Crippen LogP contribution in [0.2, 0.25) is 0 Å². The van der Waals surface area contributed by atoms with E-state index in [2.05, 4.69) is 20.7 Å². The largest absolute Gasteiger partial charge is 0.433 e. The number of aromatic nitrogens is 2. The molecule has 2 heterocycles. The summed E-state index contributed by atoms with van der Waals surface area (Å²) < 4.78 is 37.1. The lowest BCUT2D eigenvalue weighted by Gasteiger charge is -2.09. The molecule has 9 heteroatoms. The Labute approximate surface area is 117 Å². The van der Waals surface area contributed by atoms with Crippen molar-refractivity contribution in [2.75, 3.05) is 10.7 Å². The van der Waals surface area contributed by atoms with Crippen molar-refractivity contribution in [3.8, 4) is 0 Å². The minimum Gasteiger partial charge on any atom is -0.320 e. The van der Waals surface area contributed by atoms with Gasteiger partial charge in [-0.15, -0.1) is 0 Å². The molecule has 110 valence electrons. The number of carbonyl (C=O) groups excluding carboxylic acids is 1. The van der Waals surface area contributed by atoms with Crippen LogP contribution in [-0.2, 0) is 6.18 Å². The van der Waals surface area contributed by atoms with Crippen molar-refractivity contribution in [1.82, 2.24) is 9.97 Å². The number of nitrogen functional groups attached to an aromatic ring is 1. The van der Waals surface area contributed by atoms with Gasteiger partial charge in [-0.1, -0.05) is 0 Å². The van der Waals surface area contributed by atoms with Crippen LogP contribution in [0.4, 0.5) is 24.7 Å². The smallest absolute Gasteiger partial charge is 0.320 e. The number of rotatable bonds is 3. The van der Waals surface area contributed by atoms with E-state index in [9.17, 15) is 18.0 Å². The van der Waals surface area contributed by atoms with Crippen molar-refractivity contribution in [3.05, 3.63) is 47.9 Å². The van der Waals surface area contributed by atoms with Gasteiger partial charge in [0.05, 0.1) is 17.4 Å². The monoisotopic (exact) mass is 297 g/mol. The number of hydrazine groups is 1. The van der Waals surface area contributed by atoms with Crippen LogP contribution in [0.25, 0.3) is 0 Å². The van der Waals surface area contributed by atoms with Crippen molar-refractivity contribution >= 4 is 17.4 Å². The fourth-order valence-corrected chi connectivity index (χ4v) is 1.54. The zero-order valence-electron chi connectivity index (χ0n) is 10.5. The van der Waals surface area contributed by atoms with Gasteiger partial charge in [-0.2, -0.15) is 13.2 Å². The molecule has 2 aromatic heterocycles. The summed E-state index contributed by atoms with van der Waals surface area (Å²) in [6.45, 7) is 0. The quantitative estimate of drug-likeness (QED) is 0.595. The highest BCUT2D eigenvalue weighted by Gasteiger charge is 2.32. The molecule has 0 aliphatic heterocycles. The van der Waals surface area contributed by atoms with E-state index >= 15 is 0 Å². The molecular formula is C12H10F3N5O. The molecule has 0 radical (unpaired) electrons. The topological polar surface area (TPSA) is 92.9 Å². The maximum absolute atomic E-state index is 12.4. The van der Waals surface area contributed by atoms with Crippen molar-refractivity contribution in [1.29, 1.82) is 0 Å². The third-order valence-electron chi connectivity index (χ3n) is 2.50. The predicted molar refractivity (Wildman–Crippen MR) is 69.2 cm³/mol. The molecule has 0 spiro atoms. The van der Waals surface area contributed by atoms with E-state index in [4.69, 9.17) is 5.84 Å². The average molecular weight is 297 g/mol. The second-order valence-corrected chi connectivity index (χ2v) is 3.93. The van der Waals surface area contributed by atoms with Gasteiger partial charge in [0, 0.05) is 6.20 Å². The van der Waals surface area contributed by atoms with E-state index in [1.165, 1.54) is 18.3 Å². The minimum atomic E-state index is -4.53. The SMILES string of the molecule is NNc1ncccc1C(=O)Nc1ccc(C(F)(F)F)nc1. The summed E-state index contributed by atoms with van der Waals surface area (Å²) >= 11 is 0. The third-order valence-corrected chi connectivity index (χ3v) is 2.50. The highest BCUT2D eigenvalue weighted by molar-refractivity contribution is 6.07. The van der Waals surface area contributed by atoms with Gasteiger partial charge in [-0.25, -0.2) is 15.8 Å². The fourth-order valence-electron chi connectivity index (χ4n) is 1.54. The van der Waals surface area contributed by atoms with Crippen molar-refractivity contribution in [2.24, 2.45) is 5.84 Å². The number of hydrogen-bond acceptors (Lipinski definition) is 5. The molecule has 2 rings (SSSR count). The molecule has 21 heavy (non-hydrogen) atoms. The summed E-state index contributed by atoms with van der Waals surface area (Å²) in [7, 11) is 0. The lowest BCUT2D eigenvalue weighted by molar-refractivity contribution is -0.141. The lowest BCUT2D eigenvalue weighted by atomic mass is 10.2. The summed E-state index contributed by atoms with van der Waals surface area (Å²) in [5, 5.41) is 2.41. The maximum atomic E-state index is 12.4. The van der Waals surface area contributed by atoms with Crippen LogP contribution in [0.3, 0.4) is 0 Å². The second-order valence-electron chi connectivity index (χ2n) is 3.93. The maximum Gasteiger partial charge on any atom is 0.433 e. The average Bonchev–Trinajstić information content (AvgIpc) is 2.46. The number of nitrogens with two attached hydrogens (primary N) is 1. The lowest BCUT2D eigenvalue weighted by Crippen LogP contribution is -2.18. The van der Waals surface area contributed by atoms with Crippen molar-refractivity contribution in [3.63, 3.8) is 0 Å². The Bertz CT molecular complexity index is 642. The number of nitrogens with one attached hydrogen (secondary N) is 2. The number of anilines is 2. The third kappa shape index (κ3) is 3.45. The van der Waals surface area contributed by atoms with Crippen LogP contribution < -0.4 is 16.6 Å². The van der Waals surface area contributed by atoms with Gasteiger partial charge < -0.3 is 10.7 Å². The van der Waals surface area contributed by atoms with Gasteiger partial charge in [-0.3, -0.25) is 4.79 Å². The molecule has 4 N–H and O–H groups in total. The summed E-state index contributed by atoms with van der Waals surface area (Å²) in [6, 6.07) is 4.89. The fraction of sp³-hybridized carbons (Fsp3) is 0.0833. The van der Waals surface area contributed by atoms with Crippen LogP contribution in [0.15, 0.2) is 36.7 Å². The Kier molecular flexibility index (Phi) is 4.03. The van der Waals surface area contributed by atoms with E-state index < -0.39 is 17.8 Å². The Morgan fingerprint density at radius 1 is 1.19 bits per heavy atom. The van der Waals surface area contributed by atoms with Gasteiger partial charge in [0.2, 0.25) is 0 Å². The number of nitrogens with zero attached hydrogens (tertiary/aromatic N) is 2. The van der Waals surface area contributed by atoms with E-state index in [0.29, 0.717) is 0 Å². The number of halogens is 3. The molecule has 1 amide bonds. The van der Waals surface area contributed by atoms with E-state index in [1.54, 1.807) is 0 Å². The van der Waals surface area contributed by atoms with Crippen molar-refractivity contribution in [2.45, 2.75) is 6.18 Å². The molecular weight excluding hydrogens is 287 g/mol. The molecule has 2 aromatic rings. The molecule has 6 nitrogen and oxygen atoms in total. The van der Waals surface area contributed by atoms with E-state index in [0.717, 1.165) is 18.3 Å². The molecule has 0 aliphatic rings. The summed E-state index contributed by atoms with van der Waals surface area (Å²) in [4.78, 5) is 19.1. The molecule has 0 aromatic carbocycles. The van der Waals surface area contributed by atoms with Crippen LogP contribution in [0.5, 0.6) is 0 Å². The Morgan fingerprint density at radius 3 is 2.52 bits per heavy atom. The first kappa shape index (κ1) is 14.7. The van der Waals surface area contributed by atoms with Crippen LogP contribution in [0.1, 0.15) is 16.1 Å². The Hall–Kier alpha value is -2.68. The zero-order chi connectivity index (χ0) is 15.5. The minimum absolute atomic E-state index is 0.125. The molecule has 0 saturated heterocycles. The zero-order valence-corrected chi connectivity index (χ0v) is 10.5. The Balaban J connectivity index is 2.16. The number of amides is 1. The van der Waals surface area contributed by atoms with Gasteiger partial charge in [0.1, 0.15) is 5.69 Å². The molecule has 0 saturated carbocycles. The number of alkyl halides is 3. The molecule has 0 fully saturated rings. The molecule has 0 bridgehead atoms. The van der Waals surface area contributed by atoms with Crippen LogP contribution in [0, 0.1) is 0 Å². The standard InChI is InChI=1S/C12H10F3N5O/c13-12(14,15)9-4-3-7(6-18-9)19-11(21)8-2-1-5-17-10(8)20-16/h1-6H,16H2,(H,17,20)(H,19,21). The van der Waals surface area contributed by atoms with Gasteiger partial charge >= 0.3 is 6.18 Å². The number of carbonyl (C=O) groups is 1. The number of hydrogen-bond donors (Lipinski definition) is 3. The van der Waals surface area contributed by atoms with Crippen molar-refractivity contribution < 1.29 is 18.0 Å². The van der Waals surface area contributed by atoms with E-state index in [-0.39, 0.29) is 17.1 Å². The van der Waals surface area contributed by atoms with Gasteiger partial charge in [-0.05, 0) is 24.3 Å². The number of pyridine rings is 2. The van der Waals surface area contributed by atoms with Crippen LogP contribution in [-0.4, -0.2) is 15.9 Å². The summed E-state index contributed by atoms with van der Waals surface area (Å²) in [5.74, 6) is 4.80. The normalized spacial score (nSPS) is 11.0. The van der Waals surface area contributed by atoms with E-state index in [1.807, 2.05) is 0 Å². The first-order valence-corrected chi connectivity index (χ1v) is 5.68. The van der Waals surface area contributed by atoms with Gasteiger partial charge in [0.25, 0.3) is 5.91 Å². The summed E-state index contributed by atoms with van der Waals surface area (Å²) in [5.41, 5.74) is 1.50. The van der Waals surface area contributed by atoms with Crippen LogP contribution >= 0.6 is 0 Å². The molecule has 0 unspecified atom stereocenters. The van der Waals surface area contributed by atoms with Gasteiger partial charge in [0.15, 0.2) is 5.82 Å².